The molecule has 0 aliphatic heterocycles. The summed E-state index contributed by atoms with van der Waals surface area (Å²) in [6.45, 7) is 4.50. The summed E-state index contributed by atoms with van der Waals surface area (Å²) in [5.41, 5.74) is 2.39. The van der Waals surface area contributed by atoms with E-state index in [2.05, 4.69) is 10.3 Å². The molecule has 0 aromatic carbocycles. The Bertz CT molecular complexity index is 393. The SMILES string of the molecule is Cc1ccc(C(=O)NCCCCCCCl)c(C)n1. The van der Waals surface area contributed by atoms with Gasteiger partial charge in [-0.2, -0.15) is 0 Å². The molecule has 0 saturated carbocycles. The highest BCUT2D eigenvalue weighted by molar-refractivity contribution is 6.17. The van der Waals surface area contributed by atoms with Gasteiger partial charge in [0.05, 0.1) is 11.3 Å². The highest BCUT2D eigenvalue weighted by atomic mass is 35.5. The quantitative estimate of drug-likeness (QED) is 0.609. The number of amides is 1. The van der Waals surface area contributed by atoms with Crippen molar-refractivity contribution in [2.75, 3.05) is 12.4 Å². The molecule has 100 valence electrons. The van der Waals surface area contributed by atoms with Gasteiger partial charge >= 0.3 is 0 Å². The summed E-state index contributed by atoms with van der Waals surface area (Å²) in [7, 11) is 0. The summed E-state index contributed by atoms with van der Waals surface area (Å²) in [5.74, 6) is 0.693. The first kappa shape index (κ1) is 15.0. The first-order valence-corrected chi connectivity index (χ1v) is 6.97. The van der Waals surface area contributed by atoms with E-state index in [1.807, 2.05) is 26.0 Å². The number of unbranched alkanes of at least 4 members (excludes halogenated alkanes) is 3. The minimum absolute atomic E-state index is 0.0302. The van der Waals surface area contributed by atoms with Crippen LogP contribution in [0.25, 0.3) is 0 Å². The highest BCUT2D eigenvalue weighted by Crippen LogP contribution is 2.06. The molecule has 0 unspecified atom stereocenters. The van der Waals surface area contributed by atoms with Crippen LogP contribution in [-0.4, -0.2) is 23.3 Å². The van der Waals surface area contributed by atoms with Gasteiger partial charge in [-0.3, -0.25) is 9.78 Å². The molecule has 18 heavy (non-hydrogen) atoms. The van der Waals surface area contributed by atoms with Crippen molar-refractivity contribution in [1.29, 1.82) is 0 Å². The van der Waals surface area contributed by atoms with Gasteiger partial charge in [-0.1, -0.05) is 12.8 Å². The number of alkyl halides is 1. The Hall–Kier alpha value is -1.09. The molecule has 4 heteroatoms. The molecule has 0 aliphatic carbocycles. The number of carbonyl (C=O) groups excluding carboxylic acids is 1. The third-order valence-electron chi connectivity index (χ3n) is 2.82. The number of nitrogens with zero attached hydrogens (tertiary/aromatic N) is 1. The number of aryl methyl sites for hydroxylation is 2. The first-order chi connectivity index (χ1) is 8.65. The van der Waals surface area contributed by atoms with Gasteiger partial charge < -0.3 is 5.32 Å². The number of rotatable bonds is 7. The average Bonchev–Trinajstić information content (AvgIpc) is 2.33. The molecule has 0 bridgehead atoms. The van der Waals surface area contributed by atoms with Crippen molar-refractivity contribution >= 4 is 17.5 Å². The molecular formula is C14H21ClN2O. The lowest BCUT2D eigenvalue weighted by atomic mass is 10.1. The van der Waals surface area contributed by atoms with E-state index in [0.717, 1.165) is 43.0 Å². The average molecular weight is 269 g/mol. The molecule has 0 atom stereocenters. The summed E-state index contributed by atoms with van der Waals surface area (Å²) < 4.78 is 0. The molecule has 1 amide bonds. The molecule has 1 N–H and O–H groups in total. The third kappa shape index (κ3) is 5.05. The molecule has 0 aliphatic rings. The second-order valence-corrected chi connectivity index (χ2v) is 4.82. The third-order valence-corrected chi connectivity index (χ3v) is 3.08. The van der Waals surface area contributed by atoms with Crippen molar-refractivity contribution in [3.05, 3.63) is 29.1 Å². The Morgan fingerprint density at radius 2 is 1.94 bits per heavy atom. The number of hydrogen-bond acceptors (Lipinski definition) is 2. The van der Waals surface area contributed by atoms with Crippen LogP contribution in [-0.2, 0) is 0 Å². The van der Waals surface area contributed by atoms with Crippen molar-refractivity contribution in [3.8, 4) is 0 Å². The Morgan fingerprint density at radius 1 is 1.22 bits per heavy atom. The van der Waals surface area contributed by atoms with Crippen LogP contribution in [0.5, 0.6) is 0 Å². The van der Waals surface area contributed by atoms with Gasteiger partial charge in [-0.05, 0) is 38.8 Å². The molecule has 0 spiro atoms. The Kier molecular flexibility index (Phi) is 6.73. The van der Waals surface area contributed by atoms with Crippen LogP contribution in [0.3, 0.4) is 0 Å². The van der Waals surface area contributed by atoms with Crippen molar-refractivity contribution in [2.45, 2.75) is 39.5 Å². The molecular weight excluding hydrogens is 248 g/mol. The normalized spacial score (nSPS) is 10.4. The minimum Gasteiger partial charge on any atom is -0.352 e. The van der Waals surface area contributed by atoms with Gasteiger partial charge in [0.15, 0.2) is 0 Å². The summed E-state index contributed by atoms with van der Waals surface area (Å²) in [6.07, 6.45) is 4.29. The molecule has 0 radical (unpaired) electrons. The van der Waals surface area contributed by atoms with Crippen molar-refractivity contribution < 1.29 is 4.79 Å². The van der Waals surface area contributed by atoms with Gasteiger partial charge in [0, 0.05) is 18.1 Å². The maximum Gasteiger partial charge on any atom is 0.253 e. The molecule has 0 saturated heterocycles. The first-order valence-electron chi connectivity index (χ1n) is 6.43. The lowest BCUT2D eigenvalue weighted by molar-refractivity contribution is 0.0952. The van der Waals surface area contributed by atoms with E-state index in [4.69, 9.17) is 11.6 Å². The zero-order valence-corrected chi connectivity index (χ0v) is 11.9. The van der Waals surface area contributed by atoms with Gasteiger partial charge in [-0.15, -0.1) is 11.6 Å². The van der Waals surface area contributed by atoms with Crippen LogP contribution >= 0.6 is 11.6 Å². The highest BCUT2D eigenvalue weighted by Gasteiger charge is 2.08. The fourth-order valence-electron chi connectivity index (χ4n) is 1.80. The fourth-order valence-corrected chi connectivity index (χ4v) is 1.99. The Balaban J connectivity index is 2.32. The van der Waals surface area contributed by atoms with Gasteiger partial charge in [-0.25, -0.2) is 0 Å². The van der Waals surface area contributed by atoms with Crippen LogP contribution in [0.15, 0.2) is 12.1 Å². The Morgan fingerprint density at radius 3 is 2.61 bits per heavy atom. The number of pyridine rings is 1. The largest absolute Gasteiger partial charge is 0.352 e. The van der Waals surface area contributed by atoms with E-state index < -0.39 is 0 Å². The number of nitrogens with one attached hydrogen (secondary N) is 1. The molecule has 3 nitrogen and oxygen atoms in total. The Labute approximate surface area is 114 Å². The number of aromatic nitrogens is 1. The van der Waals surface area contributed by atoms with Gasteiger partial charge in [0.1, 0.15) is 0 Å². The van der Waals surface area contributed by atoms with E-state index >= 15 is 0 Å². The summed E-state index contributed by atoms with van der Waals surface area (Å²) in [6, 6.07) is 3.70. The van der Waals surface area contributed by atoms with E-state index in [0.29, 0.717) is 12.1 Å². The van der Waals surface area contributed by atoms with Crippen LogP contribution in [0, 0.1) is 13.8 Å². The predicted molar refractivity (Wildman–Crippen MR) is 75.2 cm³/mol. The molecule has 0 fully saturated rings. The topological polar surface area (TPSA) is 42.0 Å². The maximum absolute atomic E-state index is 11.9. The van der Waals surface area contributed by atoms with Gasteiger partial charge in [0.25, 0.3) is 5.91 Å². The minimum atomic E-state index is -0.0302. The van der Waals surface area contributed by atoms with Gasteiger partial charge in [0.2, 0.25) is 0 Å². The van der Waals surface area contributed by atoms with Crippen LogP contribution in [0.2, 0.25) is 0 Å². The summed E-state index contributed by atoms with van der Waals surface area (Å²) >= 11 is 5.60. The molecule has 1 aromatic heterocycles. The molecule has 1 heterocycles. The smallest absolute Gasteiger partial charge is 0.253 e. The van der Waals surface area contributed by atoms with E-state index in [9.17, 15) is 4.79 Å². The standard InChI is InChI=1S/C14H21ClN2O/c1-11-7-8-13(12(2)17-11)14(18)16-10-6-4-3-5-9-15/h7-8H,3-6,9-10H2,1-2H3,(H,16,18). The lowest BCUT2D eigenvalue weighted by Crippen LogP contribution is -2.25. The van der Waals surface area contributed by atoms with Crippen LogP contribution in [0.1, 0.15) is 47.4 Å². The lowest BCUT2D eigenvalue weighted by Gasteiger charge is -2.07. The molecule has 1 rings (SSSR count). The predicted octanol–water partition coefficient (Wildman–Crippen LogP) is 3.23. The zero-order chi connectivity index (χ0) is 13.4. The van der Waals surface area contributed by atoms with Crippen LogP contribution < -0.4 is 5.32 Å². The zero-order valence-electron chi connectivity index (χ0n) is 11.1. The van der Waals surface area contributed by atoms with Crippen LogP contribution in [0.4, 0.5) is 0 Å². The van der Waals surface area contributed by atoms with Crippen molar-refractivity contribution in [2.24, 2.45) is 0 Å². The molecule has 1 aromatic rings. The number of halogens is 1. The number of carbonyl (C=O) groups is 1. The van der Waals surface area contributed by atoms with E-state index in [-0.39, 0.29) is 5.91 Å². The fraction of sp³-hybridized carbons (Fsp3) is 0.571. The van der Waals surface area contributed by atoms with E-state index in [1.54, 1.807) is 0 Å². The second kappa shape index (κ2) is 8.09. The van der Waals surface area contributed by atoms with E-state index in [1.165, 1.54) is 0 Å². The van der Waals surface area contributed by atoms with Crippen molar-refractivity contribution in [3.63, 3.8) is 0 Å². The second-order valence-electron chi connectivity index (χ2n) is 4.44. The maximum atomic E-state index is 11.9. The summed E-state index contributed by atoms with van der Waals surface area (Å²) in [5, 5.41) is 2.92. The van der Waals surface area contributed by atoms with Crippen molar-refractivity contribution in [1.82, 2.24) is 10.3 Å². The monoisotopic (exact) mass is 268 g/mol. The summed E-state index contributed by atoms with van der Waals surface area (Å²) in [4.78, 5) is 16.2. The number of hydrogen-bond donors (Lipinski definition) is 1.